The lowest BCUT2D eigenvalue weighted by atomic mass is 9.85. The quantitative estimate of drug-likeness (QED) is 0.882. The van der Waals surface area contributed by atoms with Crippen molar-refractivity contribution in [3.63, 3.8) is 0 Å². The molecule has 0 aliphatic heterocycles. The minimum absolute atomic E-state index is 0.204. The van der Waals surface area contributed by atoms with Crippen LogP contribution in [-0.4, -0.2) is 17.8 Å². The number of rotatable bonds is 4. The summed E-state index contributed by atoms with van der Waals surface area (Å²) in [6, 6.07) is 4.88. The zero-order valence-electron chi connectivity index (χ0n) is 10.3. The molecule has 1 fully saturated rings. The van der Waals surface area contributed by atoms with Gasteiger partial charge in [0.1, 0.15) is 5.82 Å². The standard InChI is InChI=1S/C14H19ClFNO/c15-12-5-6-13(16)11(7-12)8-17-14-4-2-1-3-10(14)9-18/h5-7,10,14,17-18H,1-4,8-9H2. The average molecular weight is 272 g/mol. The van der Waals surface area contributed by atoms with Gasteiger partial charge >= 0.3 is 0 Å². The number of aliphatic hydroxyl groups excluding tert-OH is 1. The molecule has 18 heavy (non-hydrogen) atoms. The first kappa shape index (κ1) is 13.8. The third kappa shape index (κ3) is 3.44. The average Bonchev–Trinajstić information content (AvgIpc) is 2.40. The first-order valence-corrected chi connectivity index (χ1v) is 6.86. The highest BCUT2D eigenvalue weighted by molar-refractivity contribution is 6.30. The van der Waals surface area contributed by atoms with Crippen molar-refractivity contribution in [3.8, 4) is 0 Å². The van der Waals surface area contributed by atoms with Crippen LogP contribution >= 0.6 is 11.6 Å². The molecule has 2 nitrogen and oxygen atoms in total. The monoisotopic (exact) mass is 271 g/mol. The van der Waals surface area contributed by atoms with E-state index in [0.717, 1.165) is 12.8 Å². The summed E-state index contributed by atoms with van der Waals surface area (Å²) in [6.07, 6.45) is 4.45. The van der Waals surface area contributed by atoms with Crippen molar-refractivity contribution in [2.45, 2.75) is 38.3 Å². The van der Waals surface area contributed by atoms with E-state index in [4.69, 9.17) is 11.6 Å². The highest BCUT2D eigenvalue weighted by Gasteiger charge is 2.23. The van der Waals surface area contributed by atoms with Gasteiger partial charge in [-0.15, -0.1) is 0 Å². The zero-order valence-corrected chi connectivity index (χ0v) is 11.1. The van der Waals surface area contributed by atoms with E-state index in [0.29, 0.717) is 23.0 Å². The van der Waals surface area contributed by atoms with Crippen molar-refractivity contribution in [2.24, 2.45) is 5.92 Å². The van der Waals surface area contributed by atoms with Gasteiger partial charge in [0.25, 0.3) is 0 Å². The number of hydrogen-bond donors (Lipinski definition) is 2. The molecule has 0 bridgehead atoms. The molecule has 2 rings (SSSR count). The molecule has 4 heteroatoms. The predicted octanol–water partition coefficient (Wildman–Crippen LogP) is 3.12. The molecule has 1 aliphatic rings. The van der Waals surface area contributed by atoms with E-state index >= 15 is 0 Å². The van der Waals surface area contributed by atoms with Gasteiger partial charge in [-0.2, -0.15) is 0 Å². The number of benzene rings is 1. The largest absolute Gasteiger partial charge is 0.396 e. The number of aliphatic hydroxyl groups is 1. The minimum atomic E-state index is -0.233. The van der Waals surface area contributed by atoms with Gasteiger partial charge in [0.15, 0.2) is 0 Å². The summed E-state index contributed by atoms with van der Waals surface area (Å²) in [5.74, 6) is 0.0595. The Kier molecular flexibility index (Phi) is 4.98. The van der Waals surface area contributed by atoms with Crippen LogP contribution in [0.2, 0.25) is 5.02 Å². The highest BCUT2D eigenvalue weighted by Crippen LogP contribution is 2.24. The summed E-state index contributed by atoms with van der Waals surface area (Å²) in [7, 11) is 0. The van der Waals surface area contributed by atoms with E-state index in [9.17, 15) is 9.50 Å². The molecule has 100 valence electrons. The molecule has 2 unspecified atom stereocenters. The van der Waals surface area contributed by atoms with E-state index < -0.39 is 0 Å². The van der Waals surface area contributed by atoms with Gasteiger partial charge in [0.05, 0.1) is 0 Å². The summed E-state index contributed by atoms with van der Waals surface area (Å²) < 4.78 is 13.6. The third-order valence-electron chi connectivity index (χ3n) is 3.71. The summed E-state index contributed by atoms with van der Waals surface area (Å²) in [5, 5.41) is 13.2. The molecule has 1 aromatic carbocycles. The summed E-state index contributed by atoms with van der Waals surface area (Å²) in [5.41, 5.74) is 0.588. The van der Waals surface area contributed by atoms with Crippen molar-refractivity contribution in [1.82, 2.24) is 5.32 Å². The highest BCUT2D eigenvalue weighted by atomic mass is 35.5. The van der Waals surface area contributed by atoms with E-state index in [1.165, 1.54) is 18.9 Å². The zero-order chi connectivity index (χ0) is 13.0. The molecule has 0 radical (unpaired) electrons. The molecule has 0 amide bonds. The fourth-order valence-corrected chi connectivity index (χ4v) is 2.81. The van der Waals surface area contributed by atoms with Gasteiger partial charge in [-0.1, -0.05) is 24.4 Å². The Morgan fingerprint density at radius 3 is 2.89 bits per heavy atom. The second-order valence-corrected chi connectivity index (χ2v) is 5.39. The molecule has 1 saturated carbocycles. The smallest absolute Gasteiger partial charge is 0.127 e. The SMILES string of the molecule is OCC1CCCCC1NCc1cc(Cl)ccc1F. The molecule has 0 saturated heterocycles. The summed E-state index contributed by atoms with van der Waals surface area (Å²) >= 11 is 5.86. The van der Waals surface area contributed by atoms with Gasteiger partial charge in [-0.3, -0.25) is 0 Å². The minimum Gasteiger partial charge on any atom is -0.396 e. The molecule has 2 N–H and O–H groups in total. The molecule has 0 heterocycles. The Morgan fingerprint density at radius 2 is 2.11 bits per heavy atom. The maximum Gasteiger partial charge on any atom is 0.127 e. The van der Waals surface area contributed by atoms with Crippen molar-refractivity contribution in [2.75, 3.05) is 6.61 Å². The van der Waals surface area contributed by atoms with Gasteiger partial charge in [0.2, 0.25) is 0 Å². The Hall–Kier alpha value is -0.640. The molecule has 1 aromatic rings. The first-order valence-electron chi connectivity index (χ1n) is 6.49. The second-order valence-electron chi connectivity index (χ2n) is 4.95. The number of nitrogens with one attached hydrogen (secondary N) is 1. The van der Waals surface area contributed by atoms with Crippen molar-refractivity contribution < 1.29 is 9.50 Å². The van der Waals surface area contributed by atoms with E-state index in [1.54, 1.807) is 12.1 Å². The first-order chi connectivity index (χ1) is 8.70. The molecule has 0 spiro atoms. The number of halogens is 2. The van der Waals surface area contributed by atoms with E-state index in [-0.39, 0.29) is 18.5 Å². The topological polar surface area (TPSA) is 32.3 Å². The van der Waals surface area contributed by atoms with Gasteiger partial charge in [-0.25, -0.2) is 4.39 Å². The van der Waals surface area contributed by atoms with Crippen molar-refractivity contribution in [3.05, 3.63) is 34.6 Å². The molecule has 0 aromatic heterocycles. The maximum absolute atomic E-state index is 13.6. The van der Waals surface area contributed by atoms with Gasteiger partial charge in [-0.05, 0) is 37.0 Å². The van der Waals surface area contributed by atoms with E-state index in [2.05, 4.69) is 5.32 Å². The van der Waals surface area contributed by atoms with Crippen molar-refractivity contribution in [1.29, 1.82) is 0 Å². The van der Waals surface area contributed by atoms with Crippen LogP contribution in [0.4, 0.5) is 4.39 Å². The Balaban J connectivity index is 1.95. The fourth-order valence-electron chi connectivity index (χ4n) is 2.61. The summed E-state index contributed by atoms with van der Waals surface area (Å²) in [6.45, 7) is 0.670. The molecular weight excluding hydrogens is 253 g/mol. The van der Waals surface area contributed by atoms with E-state index in [1.807, 2.05) is 0 Å². The Morgan fingerprint density at radius 1 is 1.33 bits per heavy atom. The lowest BCUT2D eigenvalue weighted by Gasteiger charge is -2.31. The Labute approximate surface area is 112 Å². The van der Waals surface area contributed by atoms with Crippen LogP contribution in [0.25, 0.3) is 0 Å². The Bertz CT molecular complexity index is 399. The van der Waals surface area contributed by atoms with Crippen LogP contribution in [-0.2, 0) is 6.54 Å². The normalized spacial score (nSPS) is 24.2. The molecule has 2 atom stereocenters. The van der Waals surface area contributed by atoms with Crippen LogP contribution in [0, 0.1) is 11.7 Å². The predicted molar refractivity (Wildman–Crippen MR) is 71.1 cm³/mol. The second kappa shape index (κ2) is 6.50. The van der Waals surface area contributed by atoms with Crippen LogP contribution in [0.15, 0.2) is 18.2 Å². The fraction of sp³-hybridized carbons (Fsp3) is 0.571. The lowest BCUT2D eigenvalue weighted by Crippen LogP contribution is -2.39. The van der Waals surface area contributed by atoms with Gasteiger partial charge in [0, 0.05) is 29.8 Å². The van der Waals surface area contributed by atoms with Crippen LogP contribution < -0.4 is 5.32 Å². The van der Waals surface area contributed by atoms with Crippen molar-refractivity contribution >= 4 is 11.6 Å². The van der Waals surface area contributed by atoms with Crippen LogP contribution in [0.3, 0.4) is 0 Å². The third-order valence-corrected chi connectivity index (χ3v) is 3.94. The van der Waals surface area contributed by atoms with Crippen LogP contribution in [0.1, 0.15) is 31.2 Å². The lowest BCUT2D eigenvalue weighted by molar-refractivity contribution is 0.152. The number of hydrogen-bond acceptors (Lipinski definition) is 2. The summed E-state index contributed by atoms with van der Waals surface area (Å²) in [4.78, 5) is 0. The molecular formula is C14H19ClFNO. The maximum atomic E-state index is 13.6. The molecule has 1 aliphatic carbocycles. The van der Waals surface area contributed by atoms with Gasteiger partial charge < -0.3 is 10.4 Å². The van der Waals surface area contributed by atoms with Crippen LogP contribution in [0.5, 0.6) is 0 Å².